The van der Waals surface area contributed by atoms with E-state index < -0.39 is 0 Å². The molecule has 0 bridgehead atoms. The Hall–Kier alpha value is -2.91. The lowest BCUT2D eigenvalue weighted by atomic mass is 10.1. The van der Waals surface area contributed by atoms with E-state index in [9.17, 15) is 0 Å². The van der Waals surface area contributed by atoms with Crippen LogP contribution in [0.15, 0.2) is 58.0 Å². The monoisotopic (exact) mass is 648 g/mol. The van der Waals surface area contributed by atoms with Crippen molar-refractivity contribution in [1.29, 1.82) is 0 Å². The van der Waals surface area contributed by atoms with Crippen molar-refractivity contribution < 1.29 is 9.68 Å². The van der Waals surface area contributed by atoms with Gasteiger partial charge in [-0.25, -0.2) is 15.0 Å². The van der Waals surface area contributed by atoms with Gasteiger partial charge in [-0.3, -0.25) is 4.98 Å². The van der Waals surface area contributed by atoms with Crippen LogP contribution in [-0.2, 0) is 22.5 Å². The zero-order valence-electron chi connectivity index (χ0n) is 29.1. The van der Waals surface area contributed by atoms with Crippen LogP contribution in [0.5, 0.6) is 0 Å². The number of thiazole rings is 1. The van der Waals surface area contributed by atoms with E-state index in [4.69, 9.17) is 16.4 Å². The molecule has 3 aromatic rings. The minimum Gasteiger partial charge on any atom is -0.399 e. The molecule has 0 saturated carbocycles. The van der Waals surface area contributed by atoms with E-state index >= 15 is 0 Å². The summed E-state index contributed by atoms with van der Waals surface area (Å²) in [7, 11) is 1.54. The molecular formula is C34H57ClN6O2S. The van der Waals surface area contributed by atoms with E-state index in [1.54, 1.807) is 43.3 Å². The van der Waals surface area contributed by atoms with Gasteiger partial charge in [0.15, 0.2) is 0 Å². The van der Waals surface area contributed by atoms with E-state index in [0.29, 0.717) is 35.3 Å². The van der Waals surface area contributed by atoms with Gasteiger partial charge in [0.25, 0.3) is 0 Å². The van der Waals surface area contributed by atoms with Crippen LogP contribution in [0.1, 0.15) is 99.3 Å². The maximum Gasteiger partial charge on any atom is 0.130 e. The number of nitrogens with zero attached hydrogens (tertiary/aromatic N) is 6. The summed E-state index contributed by atoms with van der Waals surface area (Å²) in [5.41, 5.74) is 4.31. The number of hydrogen-bond donors (Lipinski definition) is 0. The largest absolute Gasteiger partial charge is 0.399 e. The zero-order chi connectivity index (χ0) is 33.8. The predicted molar refractivity (Wildman–Crippen MR) is 190 cm³/mol. The number of pyridine rings is 1. The van der Waals surface area contributed by atoms with Crippen molar-refractivity contribution in [3.05, 3.63) is 69.9 Å². The fourth-order valence-electron chi connectivity index (χ4n) is 2.74. The topological polar surface area (TPSA) is 94.7 Å². The fraction of sp³-hybridized carbons (Fsp3) is 0.588. The fourth-order valence-corrected chi connectivity index (χ4v) is 3.40. The Morgan fingerprint density at radius 2 is 1.36 bits per heavy atom. The molecule has 0 amide bonds. The van der Waals surface area contributed by atoms with Crippen molar-refractivity contribution >= 4 is 35.4 Å². The second-order valence-electron chi connectivity index (χ2n) is 11.5. The molecule has 44 heavy (non-hydrogen) atoms. The molecule has 0 saturated heterocycles. The molecule has 3 heterocycles. The third-order valence-electron chi connectivity index (χ3n) is 4.63. The van der Waals surface area contributed by atoms with E-state index in [0.717, 1.165) is 24.6 Å². The summed E-state index contributed by atoms with van der Waals surface area (Å²) in [6, 6.07) is 6.05. The number of oxime groups is 2. The minimum atomic E-state index is 0.372. The lowest BCUT2D eigenvalue weighted by Crippen LogP contribution is -1.95. The summed E-state index contributed by atoms with van der Waals surface area (Å²) in [6.45, 7) is 23.7. The second-order valence-corrected chi connectivity index (χ2v) is 12.7. The van der Waals surface area contributed by atoms with E-state index in [-0.39, 0.29) is 0 Å². The third-order valence-corrected chi connectivity index (χ3v) is 5.46. The third kappa shape index (κ3) is 30.5. The summed E-state index contributed by atoms with van der Waals surface area (Å²) in [5.74, 6) is 3.62. The summed E-state index contributed by atoms with van der Waals surface area (Å²) in [4.78, 5) is 25.6. The molecule has 0 unspecified atom stereocenters. The lowest BCUT2D eigenvalue weighted by molar-refractivity contribution is 0.159. The highest BCUT2D eigenvalue weighted by molar-refractivity contribution is 7.07. The number of halogens is 1. The highest BCUT2D eigenvalue weighted by Gasteiger charge is 2.00. The first kappa shape index (κ1) is 43.2. The molecule has 0 spiro atoms. The van der Waals surface area contributed by atoms with Gasteiger partial charge in [-0.15, -0.1) is 11.3 Å². The molecule has 248 valence electrons. The average molecular weight is 649 g/mol. The highest BCUT2D eigenvalue weighted by atomic mass is 35.5. The molecule has 0 radical (unpaired) electrons. The van der Waals surface area contributed by atoms with E-state index in [1.807, 2.05) is 58.5 Å². The molecule has 0 fully saturated rings. The van der Waals surface area contributed by atoms with Crippen molar-refractivity contribution in [2.24, 2.45) is 34.0 Å². The Bertz CT molecular complexity index is 1060. The van der Waals surface area contributed by atoms with Crippen LogP contribution >= 0.6 is 22.9 Å². The van der Waals surface area contributed by atoms with Crippen molar-refractivity contribution in [2.75, 3.05) is 13.7 Å². The standard InChI is InChI=1S/C9H13N.C7H9ClN2.C7H11NS.C6H13NO.C5H11NO/c1-8(2)7-9-5-3-4-6-10-9;1-5(2)7-9-3-6(8)4-10-7;1-6(2)3-7-4-9-5-8-7;1-4-8-7-5-6(2)3;1-5(2)4-6-7-3/h3-6,8H,7H2,1-2H3;3-5H,1-2H3;4-6H,3H2,1-2H3;5-6H,4H2,1-3H3;4-5H,1-3H3. The first-order valence-corrected chi connectivity index (χ1v) is 16.6. The lowest BCUT2D eigenvalue weighted by Gasteiger charge is -2.01. The Morgan fingerprint density at radius 1 is 0.795 bits per heavy atom. The van der Waals surface area contributed by atoms with Crippen LogP contribution in [0, 0.1) is 23.7 Å². The van der Waals surface area contributed by atoms with Crippen LogP contribution < -0.4 is 0 Å². The zero-order valence-corrected chi connectivity index (χ0v) is 30.6. The molecule has 10 heteroatoms. The van der Waals surface area contributed by atoms with Gasteiger partial charge in [-0.05, 0) is 55.6 Å². The van der Waals surface area contributed by atoms with Gasteiger partial charge in [0.2, 0.25) is 0 Å². The minimum absolute atomic E-state index is 0.372. The van der Waals surface area contributed by atoms with Gasteiger partial charge in [0.05, 0.1) is 16.2 Å². The molecule has 0 aliphatic heterocycles. The van der Waals surface area contributed by atoms with Gasteiger partial charge in [0.1, 0.15) is 19.5 Å². The van der Waals surface area contributed by atoms with Crippen molar-refractivity contribution in [3.63, 3.8) is 0 Å². The predicted octanol–water partition coefficient (Wildman–Crippen LogP) is 9.81. The molecule has 3 rings (SSSR count). The van der Waals surface area contributed by atoms with Crippen molar-refractivity contribution in [2.45, 2.75) is 94.9 Å². The Balaban J connectivity index is 0. The Morgan fingerprint density at radius 3 is 1.75 bits per heavy atom. The summed E-state index contributed by atoms with van der Waals surface area (Å²) < 4.78 is 0. The Kier molecular flexibility index (Phi) is 28.3. The van der Waals surface area contributed by atoms with Gasteiger partial charge < -0.3 is 9.68 Å². The molecular weight excluding hydrogens is 592 g/mol. The highest BCUT2D eigenvalue weighted by Crippen LogP contribution is 2.10. The smallest absolute Gasteiger partial charge is 0.130 e. The van der Waals surface area contributed by atoms with Crippen LogP contribution in [0.3, 0.4) is 0 Å². The Labute approximate surface area is 276 Å². The van der Waals surface area contributed by atoms with Crippen LogP contribution in [0.4, 0.5) is 0 Å². The van der Waals surface area contributed by atoms with Gasteiger partial charge in [-0.2, -0.15) is 0 Å². The SMILES string of the molecule is CC(C)Cc1ccccn1.CC(C)Cc1cscn1.CC(C)c1ncc(Cl)cn1.CCON=CC(C)C.CON=CC(C)C. The summed E-state index contributed by atoms with van der Waals surface area (Å²) in [5, 5.41) is 9.91. The van der Waals surface area contributed by atoms with Crippen LogP contribution in [0.2, 0.25) is 5.02 Å². The number of rotatable bonds is 10. The van der Waals surface area contributed by atoms with Crippen LogP contribution in [-0.4, -0.2) is 46.1 Å². The second kappa shape index (κ2) is 28.8. The normalized spacial score (nSPS) is 10.6. The van der Waals surface area contributed by atoms with Crippen molar-refractivity contribution in [1.82, 2.24) is 19.9 Å². The van der Waals surface area contributed by atoms with E-state index in [2.05, 4.69) is 88.1 Å². The summed E-state index contributed by atoms with van der Waals surface area (Å²) >= 11 is 7.26. The molecule has 0 aliphatic carbocycles. The van der Waals surface area contributed by atoms with Crippen LogP contribution in [0.25, 0.3) is 0 Å². The number of aromatic nitrogens is 4. The molecule has 3 aromatic heterocycles. The molecule has 0 aliphatic rings. The maximum absolute atomic E-state index is 5.59. The van der Waals surface area contributed by atoms with Gasteiger partial charge in [-0.1, -0.05) is 97.2 Å². The summed E-state index contributed by atoms with van der Waals surface area (Å²) in [6.07, 6.45) is 10.8. The average Bonchev–Trinajstić information content (AvgIpc) is 3.46. The molecule has 0 N–H and O–H groups in total. The van der Waals surface area contributed by atoms with Crippen molar-refractivity contribution in [3.8, 4) is 0 Å². The number of hydrogen-bond acceptors (Lipinski definition) is 9. The van der Waals surface area contributed by atoms with Gasteiger partial charge in [0, 0.05) is 48.0 Å². The molecule has 0 aromatic carbocycles. The molecule has 8 nitrogen and oxygen atoms in total. The first-order valence-electron chi connectivity index (χ1n) is 15.3. The maximum atomic E-state index is 5.59. The van der Waals surface area contributed by atoms with E-state index in [1.165, 1.54) is 11.4 Å². The van der Waals surface area contributed by atoms with Gasteiger partial charge >= 0.3 is 0 Å². The molecule has 0 atom stereocenters. The quantitative estimate of drug-likeness (QED) is 0.160. The first-order chi connectivity index (χ1) is 20.8.